The highest BCUT2D eigenvalue weighted by Crippen LogP contribution is 2.34. The Morgan fingerprint density at radius 3 is 2.69 bits per heavy atom. The number of hydrogen-bond donors (Lipinski definition) is 3. The number of amides is 1. The van der Waals surface area contributed by atoms with E-state index in [1.54, 1.807) is 6.20 Å². The van der Waals surface area contributed by atoms with Crippen LogP contribution in [-0.4, -0.2) is 29.2 Å². The first-order valence-electron chi connectivity index (χ1n) is 13.1. The number of benzene rings is 2. The number of aromatic amines is 1. The number of anilines is 1. The number of pyridine rings is 1. The van der Waals surface area contributed by atoms with Crippen molar-refractivity contribution in [1.82, 2.24) is 15.3 Å². The van der Waals surface area contributed by atoms with E-state index >= 15 is 0 Å². The van der Waals surface area contributed by atoms with Crippen molar-refractivity contribution >= 4 is 45.2 Å². The second-order valence-corrected chi connectivity index (χ2v) is 9.93. The average Bonchev–Trinajstić information content (AvgIpc) is 3.29. The molecule has 0 bridgehead atoms. The molecular formula is C29H33ClN4O2. The van der Waals surface area contributed by atoms with Crippen molar-refractivity contribution in [2.75, 3.05) is 18.4 Å². The number of carbonyl (C=O) groups excluding carboxylic acids is 1. The minimum Gasteiger partial charge on any atom is -0.408 e. The van der Waals surface area contributed by atoms with Crippen LogP contribution >= 0.6 is 11.6 Å². The van der Waals surface area contributed by atoms with Gasteiger partial charge in [0.25, 0.3) is 0 Å². The van der Waals surface area contributed by atoms with Crippen LogP contribution in [0.15, 0.2) is 48.7 Å². The number of halogens is 1. The lowest BCUT2D eigenvalue weighted by molar-refractivity contribution is 0.201. The van der Waals surface area contributed by atoms with Crippen molar-refractivity contribution in [2.45, 2.75) is 57.8 Å². The fourth-order valence-electron chi connectivity index (χ4n) is 5.05. The molecule has 7 heteroatoms. The summed E-state index contributed by atoms with van der Waals surface area (Å²) in [5.41, 5.74) is 5.82. The second kappa shape index (κ2) is 11.7. The van der Waals surface area contributed by atoms with Gasteiger partial charge in [-0.05, 0) is 74.4 Å². The van der Waals surface area contributed by atoms with Gasteiger partial charge in [-0.25, -0.2) is 4.79 Å². The number of nitrogens with one attached hydrogen (secondary N) is 3. The number of unbranched alkanes of at least 4 members (excludes halogenated alkanes) is 4. The number of ether oxygens (including phenoxy) is 1. The Hall–Kier alpha value is -3.25. The molecule has 0 fully saturated rings. The number of hydrogen-bond acceptors (Lipinski definition) is 4. The van der Waals surface area contributed by atoms with Gasteiger partial charge in [0.1, 0.15) is 0 Å². The zero-order valence-electron chi connectivity index (χ0n) is 20.5. The molecule has 1 aliphatic carbocycles. The molecule has 6 nitrogen and oxygen atoms in total. The third-order valence-corrected chi connectivity index (χ3v) is 7.14. The molecule has 188 valence electrons. The van der Waals surface area contributed by atoms with Gasteiger partial charge < -0.3 is 20.4 Å². The number of rotatable bonds is 10. The minimum atomic E-state index is -0.404. The lowest BCUT2D eigenvalue weighted by atomic mass is 9.92. The Morgan fingerprint density at radius 1 is 0.972 bits per heavy atom. The van der Waals surface area contributed by atoms with E-state index in [1.807, 2.05) is 36.4 Å². The first kappa shape index (κ1) is 24.4. The predicted octanol–water partition coefficient (Wildman–Crippen LogP) is 7.40. The summed E-state index contributed by atoms with van der Waals surface area (Å²) in [5.74, 6) is 0.557. The fourth-order valence-corrected chi connectivity index (χ4v) is 5.22. The Kier molecular flexibility index (Phi) is 7.91. The number of fused-ring (bicyclic) bond motifs is 3. The number of aromatic nitrogens is 2. The Labute approximate surface area is 216 Å². The standard InChI is InChI=1S/C29H33ClN4O2/c30-20-14-15-23-26(18-20)34-25-13-7-5-11-22(25)28(23)31-16-8-2-1-3-9-17-32-29(35)36-27-19-33-24-12-6-4-10-21(24)27/h4,6,10,12,14-15,18-19,33H,1-3,5,7-9,11,13,16-17H2,(H,31,34)(H,32,35). The van der Waals surface area contributed by atoms with E-state index in [9.17, 15) is 4.79 Å². The van der Waals surface area contributed by atoms with E-state index < -0.39 is 6.09 Å². The molecule has 0 radical (unpaired) electrons. The van der Waals surface area contributed by atoms with Crippen LogP contribution < -0.4 is 15.4 Å². The summed E-state index contributed by atoms with van der Waals surface area (Å²) in [4.78, 5) is 20.1. The highest BCUT2D eigenvalue weighted by molar-refractivity contribution is 6.31. The maximum Gasteiger partial charge on any atom is 0.412 e. The summed E-state index contributed by atoms with van der Waals surface area (Å²) in [5, 5.41) is 9.40. The van der Waals surface area contributed by atoms with Gasteiger partial charge in [0.2, 0.25) is 0 Å². The maximum atomic E-state index is 12.1. The Bertz CT molecular complexity index is 1350. The third kappa shape index (κ3) is 5.76. The van der Waals surface area contributed by atoms with Gasteiger partial charge in [0, 0.05) is 52.0 Å². The summed E-state index contributed by atoms with van der Waals surface area (Å²) in [6.45, 7) is 1.57. The van der Waals surface area contributed by atoms with Crippen LogP contribution in [0.1, 0.15) is 56.2 Å². The van der Waals surface area contributed by atoms with Gasteiger partial charge in [-0.1, -0.05) is 43.0 Å². The molecule has 0 saturated carbocycles. The van der Waals surface area contributed by atoms with Gasteiger partial charge in [0.15, 0.2) is 5.75 Å². The molecule has 0 aliphatic heterocycles. The Morgan fingerprint density at radius 2 is 1.78 bits per heavy atom. The quantitative estimate of drug-likeness (QED) is 0.196. The molecule has 0 spiro atoms. The van der Waals surface area contributed by atoms with E-state index in [0.29, 0.717) is 12.3 Å². The molecule has 2 aromatic heterocycles. The highest BCUT2D eigenvalue weighted by atomic mass is 35.5. The van der Waals surface area contributed by atoms with Crippen molar-refractivity contribution in [1.29, 1.82) is 0 Å². The van der Waals surface area contributed by atoms with Crippen molar-refractivity contribution < 1.29 is 9.53 Å². The average molecular weight is 505 g/mol. The first-order chi connectivity index (χ1) is 17.7. The van der Waals surface area contributed by atoms with Crippen molar-refractivity contribution in [3.63, 3.8) is 0 Å². The van der Waals surface area contributed by atoms with Crippen molar-refractivity contribution in [3.8, 4) is 5.75 Å². The zero-order valence-corrected chi connectivity index (χ0v) is 21.3. The molecule has 0 unspecified atom stereocenters. The lowest BCUT2D eigenvalue weighted by Gasteiger charge is -2.22. The minimum absolute atomic E-state index is 0.404. The summed E-state index contributed by atoms with van der Waals surface area (Å²) in [7, 11) is 0. The van der Waals surface area contributed by atoms with Crippen LogP contribution in [0, 0.1) is 0 Å². The summed E-state index contributed by atoms with van der Waals surface area (Å²) in [6.07, 6.45) is 11.3. The molecular weight excluding hydrogens is 472 g/mol. The summed E-state index contributed by atoms with van der Waals surface area (Å²) < 4.78 is 5.44. The molecule has 3 N–H and O–H groups in total. The molecule has 4 aromatic rings. The largest absolute Gasteiger partial charge is 0.412 e. The van der Waals surface area contributed by atoms with Gasteiger partial charge in [-0.15, -0.1) is 0 Å². The molecule has 0 saturated heterocycles. The molecule has 1 aliphatic rings. The van der Waals surface area contributed by atoms with E-state index in [0.717, 1.165) is 72.9 Å². The van der Waals surface area contributed by atoms with Crippen LogP contribution in [-0.2, 0) is 12.8 Å². The molecule has 2 heterocycles. The first-order valence-corrected chi connectivity index (χ1v) is 13.4. The zero-order chi connectivity index (χ0) is 24.7. The summed E-state index contributed by atoms with van der Waals surface area (Å²) in [6, 6.07) is 13.8. The molecule has 2 aromatic carbocycles. The SMILES string of the molecule is O=C(NCCCCCCCNc1c2c(nc3cc(Cl)ccc13)CCCC2)Oc1c[nH]c2ccccc12. The number of H-pyrrole nitrogens is 1. The number of aryl methyl sites for hydroxylation is 1. The highest BCUT2D eigenvalue weighted by Gasteiger charge is 2.18. The normalized spacial score (nSPS) is 13.0. The third-order valence-electron chi connectivity index (χ3n) is 6.90. The topological polar surface area (TPSA) is 79.0 Å². The van der Waals surface area contributed by atoms with Crippen LogP contribution in [0.4, 0.5) is 10.5 Å². The van der Waals surface area contributed by atoms with E-state index in [4.69, 9.17) is 21.3 Å². The van der Waals surface area contributed by atoms with Crippen molar-refractivity contribution in [3.05, 3.63) is 64.9 Å². The molecule has 36 heavy (non-hydrogen) atoms. The predicted molar refractivity (Wildman–Crippen MR) is 147 cm³/mol. The number of carbonyl (C=O) groups is 1. The second-order valence-electron chi connectivity index (χ2n) is 9.49. The molecule has 0 atom stereocenters. The van der Waals surface area contributed by atoms with Crippen LogP contribution in [0.2, 0.25) is 5.02 Å². The van der Waals surface area contributed by atoms with E-state index in [1.165, 1.54) is 35.2 Å². The van der Waals surface area contributed by atoms with E-state index in [-0.39, 0.29) is 0 Å². The maximum absolute atomic E-state index is 12.1. The molecule has 1 amide bonds. The van der Waals surface area contributed by atoms with Gasteiger partial charge in [-0.3, -0.25) is 4.98 Å². The smallest absolute Gasteiger partial charge is 0.408 e. The Balaban J connectivity index is 1.01. The monoisotopic (exact) mass is 504 g/mol. The van der Waals surface area contributed by atoms with Gasteiger partial charge in [-0.2, -0.15) is 0 Å². The lowest BCUT2D eigenvalue weighted by Crippen LogP contribution is -2.27. The number of nitrogens with zero attached hydrogens (tertiary/aromatic N) is 1. The van der Waals surface area contributed by atoms with Crippen molar-refractivity contribution in [2.24, 2.45) is 0 Å². The van der Waals surface area contributed by atoms with Crippen LogP contribution in [0.25, 0.3) is 21.8 Å². The van der Waals surface area contributed by atoms with Crippen LogP contribution in [0.5, 0.6) is 5.75 Å². The van der Waals surface area contributed by atoms with Gasteiger partial charge >= 0.3 is 6.09 Å². The fraction of sp³-hybridized carbons (Fsp3) is 0.379. The van der Waals surface area contributed by atoms with Gasteiger partial charge in [0.05, 0.1) is 5.52 Å². The number of para-hydroxylation sites is 1. The van der Waals surface area contributed by atoms with Crippen LogP contribution in [0.3, 0.4) is 0 Å². The molecule has 5 rings (SSSR count). The van der Waals surface area contributed by atoms with E-state index in [2.05, 4.69) is 21.7 Å². The summed E-state index contributed by atoms with van der Waals surface area (Å²) >= 11 is 6.23.